The molecule has 0 aromatic rings. The zero-order chi connectivity index (χ0) is 12.9. The molecule has 1 unspecified atom stereocenters. The van der Waals surface area contributed by atoms with Crippen LogP contribution >= 0.6 is 0 Å². The lowest BCUT2D eigenvalue weighted by Gasteiger charge is -2.32. The van der Waals surface area contributed by atoms with Gasteiger partial charge in [0.2, 0.25) is 0 Å². The van der Waals surface area contributed by atoms with Crippen molar-refractivity contribution >= 4 is 0 Å². The van der Waals surface area contributed by atoms with E-state index in [4.69, 9.17) is 5.11 Å². The highest BCUT2D eigenvalue weighted by molar-refractivity contribution is 4.78. The quantitative estimate of drug-likeness (QED) is 0.778. The number of hydrogen-bond donors (Lipinski definition) is 2. The van der Waals surface area contributed by atoms with Gasteiger partial charge >= 0.3 is 6.18 Å². The van der Waals surface area contributed by atoms with Crippen molar-refractivity contribution in [1.82, 2.24) is 10.2 Å². The van der Waals surface area contributed by atoms with E-state index >= 15 is 0 Å². The van der Waals surface area contributed by atoms with E-state index in [0.29, 0.717) is 25.6 Å². The highest BCUT2D eigenvalue weighted by Crippen LogP contribution is 2.19. The molecule has 0 amide bonds. The molecule has 1 heterocycles. The fourth-order valence-corrected chi connectivity index (χ4v) is 2.05. The summed E-state index contributed by atoms with van der Waals surface area (Å²) in [6.45, 7) is 2.64. The maximum atomic E-state index is 12.1. The molecule has 0 aromatic carbocycles. The van der Waals surface area contributed by atoms with E-state index in [2.05, 4.69) is 5.32 Å². The molecule has 0 saturated carbocycles. The van der Waals surface area contributed by atoms with Crippen LogP contribution in [0.3, 0.4) is 0 Å². The fourth-order valence-electron chi connectivity index (χ4n) is 2.05. The van der Waals surface area contributed by atoms with Crippen LogP contribution in [0.1, 0.15) is 26.2 Å². The number of hydrogen-bond acceptors (Lipinski definition) is 3. The largest absolute Gasteiger partial charge is 0.401 e. The van der Waals surface area contributed by atoms with Crippen LogP contribution in [-0.4, -0.2) is 54.5 Å². The topological polar surface area (TPSA) is 35.5 Å². The van der Waals surface area contributed by atoms with Gasteiger partial charge in [-0.25, -0.2) is 0 Å². The summed E-state index contributed by atoms with van der Waals surface area (Å²) in [6, 6.07) is 0.290. The smallest absolute Gasteiger partial charge is 0.393 e. The first-order valence-electron chi connectivity index (χ1n) is 6.07. The van der Waals surface area contributed by atoms with Gasteiger partial charge in [-0.05, 0) is 45.8 Å². The maximum absolute atomic E-state index is 12.1. The van der Waals surface area contributed by atoms with Gasteiger partial charge in [-0.3, -0.25) is 4.90 Å². The van der Waals surface area contributed by atoms with E-state index in [1.807, 2.05) is 0 Å². The molecule has 1 fully saturated rings. The zero-order valence-corrected chi connectivity index (χ0v) is 10.1. The number of aliphatic hydroxyl groups excluding tert-OH is 1. The van der Waals surface area contributed by atoms with E-state index < -0.39 is 12.7 Å². The Balaban J connectivity index is 2.13. The molecule has 102 valence electrons. The van der Waals surface area contributed by atoms with Crippen molar-refractivity contribution in [2.75, 3.05) is 26.2 Å². The van der Waals surface area contributed by atoms with Gasteiger partial charge in [0.05, 0.1) is 12.6 Å². The number of nitrogens with zero attached hydrogens (tertiary/aromatic N) is 1. The third-order valence-corrected chi connectivity index (χ3v) is 2.99. The highest BCUT2D eigenvalue weighted by atomic mass is 19.4. The number of likely N-dealkylation sites (tertiary alicyclic amines) is 1. The molecule has 1 atom stereocenters. The SMILES string of the molecule is CC(O)CCNC1CCN(CC(F)(F)F)CC1. The monoisotopic (exact) mass is 254 g/mol. The van der Waals surface area contributed by atoms with Gasteiger partial charge in [0.25, 0.3) is 0 Å². The zero-order valence-electron chi connectivity index (χ0n) is 10.1. The molecule has 1 aliphatic rings. The summed E-state index contributed by atoms with van der Waals surface area (Å²) >= 11 is 0. The van der Waals surface area contributed by atoms with Crippen LogP contribution in [0.2, 0.25) is 0 Å². The number of rotatable bonds is 5. The molecule has 0 radical (unpaired) electrons. The van der Waals surface area contributed by atoms with Crippen molar-refractivity contribution in [3.05, 3.63) is 0 Å². The minimum Gasteiger partial charge on any atom is -0.393 e. The predicted molar refractivity (Wildman–Crippen MR) is 59.8 cm³/mol. The molecule has 6 heteroatoms. The van der Waals surface area contributed by atoms with Crippen LogP contribution in [-0.2, 0) is 0 Å². The second-order valence-electron chi connectivity index (χ2n) is 4.76. The lowest BCUT2D eigenvalue weighted by molar-refractivity contribution is -0.148. The van der Waals surface area contributed by atoms with Crippen molar-refractivity contribution in [3.63, 3.8) is 0 Å². The molecular formula is C11H21F3N2O. The Bertz CT molecular complexity index is 213. The van der Waals surface area contributed by atoms with Gasteiger partial charge in [0, 0.05) is 6.04 Å². The standard InChI is InChI=1S/C11H21F3N2O/c1-9(17)2-5-15-10-3-6-16(7-4-10)8-11(12,13)14/h9-10,15,17H,2-8H2,1H3. The van der Waals surface area contributed by atoms with Crippen molar-refractivity contribution in [2.24, 2.45) is 0 Å². The minimum atomic E-state index is -4.09. The lowest BCUT2D eigenvalue weighted by Crippen LogP contribution is -2.45. The second-order valence-corrected chi connectivity index (χ2v) is 4.76. The highest BCUT2D eigenvalue weighted by Gasteiger charge is 2.32. The Morgan fingerprint density at radius 3 is 2.41 bits per heavy atom. The third kappa shape index (κ3) is 6.85. The van der Waals surface area contributed by atoms with Crippen LogP contribution in [0.25, 0.3) is 0 Å². The summed E-state index contributed by atoms with van der Waals surface area (Å²) in [7, 11) is 0. The maximum Gasteiger partial charge on any atom is 0.401 e. The fraction of sp³-hybridized carbons (Fsp3) is 1.00. The minimum absolute atomic E-state index is 0.290. The summed E-state index contributed by atoms with van der Waals surface area (Å²) in [5, 5.41) is 12.3. The molecule has 17 heavy (non-hydrogen) atoms. The summed E-state index contributed by atoms with van der Waals surface area (Å²) in [6.07, 6.45) is -2.24. The lowest BCUT2D eigenvalue weighted by atomic mass is 10.0. The molecule has 1 aliphatic heterocycles. The summed E-state index contributed by atoms with van der Waals surface area (Å²) in [4.78, 5) is 1.45. The Labute approximate surface area is 100.0 Å². The molecule has 0 spiro atoms. The van der Waals surface area contributed by atoms with Gasteiger partial charge in [0.1, 0.15) is 0 Å². The molecule has 2 N–H and O–H groups in total. The summed E-state index contributed by atoms with van der Waals surface area (Å²) in [5.41, 5.74) is 0. The Kier molecular flexibility index (Phi) is 5.69. The van der Waals surface area contributed by atoms with E-state index in [1.54, 1.807) is 6.92 Å². The van der Waals surface area contributed by atoms with Gasteiger partial charge in [-0.1, -0.05) is 0 Å². The average Bonchev–Trinajstić information content (AvgIpc) is 2.18. The van der Waals surface area contributed by atoms with E-state index in [9.17, 15) is 13.2 Å². The number of nitrogens with one attached hydrogen (secondary N) is 1. The molecule has 1 rings (SSSR count). The van der Waals surface area contributed by atoms with Gasteiger partial charge < -0.3 is 10.4 Å². The third-order valence-electron chi connectivity index (χ3n) is 2.99. The first kappa shape index (κ1) is 14.7. The summed E-state index contributed by atoms with van der Waals surface area (Å²) < 4.78 is 36.4. The van der Waals surface area contributed by atoms with Crippen molar-refractivity contribution in [3.8, 4) is 0 Å². The van der Waals surface area contributed by atoms with Crippen molar-refractivity contribution < 1.29 is 18.3 Å². The molecule has 1 saturated heterocycles. The number of piperidine rings is 1. The van der Waals surface area contributed by atoms with Crippen LogP contribution in [0.5, 0.6) is 0 Å². The van der Waals surface area contributed by atoms with Crippen LogP contribution in [0, 0.1) is 0 Å². The van der Waals surface area contributed by atoms with E-state index in [0.717, 1.165) is 19.4 Å². The van der Waals surface area contributed by atoms with Crippen molar-refractivity contribution in [1.29, 1.82) is 0 Å². The van der Waals surface area contributed by atoms with Crippen molar-refractivity contribution in [2.45, 2.75) is 44.5 Å². The Morgan fingerprint density at radius 1 is 1.35 bits per heavy atom. The van der Waals surface area contributed by atoms with Crippen LogP contribution in [0.4, 0.5) is 13.2 Å². The second kappa shape index (κ2) is 6.56. The van der Waals surface area contributed by atoms with E-state index in [1.165, 1.54) is 4.90 Å². The van der Waals surface area contributed by atoms with Crippen LogP contribution in [0.15, 0.2) is 0 Å². The summed E-state index contributed by atoms with van der Waals surface area (Å²) in [5.74, 6) is 0. The average molecular weight is 254 g/mol. The normalized spacial score (nSPS) is 21.7. The molecule has 0 aliphatic carbocycles. The number of halogens is 3. The molecule has 0 aromatic heterocycles. The Morgan fingerprint density at radius 2 is 1.94 bits per heavy atom. The first-order valence-corrected chi connectivity index (χ1v) is 6.07. The molecule has 3 nitrogen and oxygen atoms in total. The van der Waals surface area contributed by atoms with Gasteiger partial charge in [0.15, 0.2) is 0 Å². The molecule has 0 bridgehead atoms. The van der Waals surface area contributed by atoms with Gasteiger partial charge in [-0.2, -0.15) is 13.2 Å². The number of alkyl halides is 3. The molecular weight excluding hydrogens is 233 g/mol. The van der Waals surface area contributed by atoms with Crippen LogP contribution < -0.4 is 5.32 Å². The van der Waals surface area contributed by atoms with E-state index in [-0.39, 0.29) is 6.10 Å². The predicted octanol–water partition coefficient (Wildman–Crippen LogP) is 1.37. The first-order chi connectivity index (χ1) is 7.87. The number of aliphatic hydroxyl groups is 1. The Hall–Kier alpha value is -0.330. The van der Waals surface area contributed by atoms with Gasteiger partial charge in [-0.15, -0.1) is 0 Å².